The standard InChI is InChI=1S/C5H7ClO.C4H8O2/c1-4(2)3-5(6)7;1-2-3-4(5)6/h1,3H2,2H3;2-3H2,1H3,(H,5,6). The first-order valence-corrected chi connectivity index (χ1v) is 4.32. The molecule has 0 aromatic carbocycles. The molecule has 0 bridgehead atoms. The van der Waals surface area contributed by atoms with Crippen molar-refractivity contribution in [1.82, 2.24) is 0 Å². The molecule has 0 saturated carbocycles. The Morgan fingerprint density at radius 1 is 1.46 bits per heavy atom. The maximum atomic E-state index is 9.96. The zero-order valence-electron chi connectivity index (χ0n) is 7.97. The summed E-state index contributed by atoms with van der Waals surface area (Å²) in [6.45, 7) is 7.10. The molecule has 0 aromatic rings. The van der Waals surface area contributed by atoms with Crippen LogP contribution >= 0.6 is 11.6 Å². The Balaban J connectivity index is 0. The molecule has 0 saturated heterocycles. The zero-order valence-corrected chi connectivity index (χ0v) is 8.73. The number of carboxylic acids is 1. The average Bonchev–Trinajstić information content (AvgIpc) is 1.83. The smallest absolute Gasteiger partial charge is 0.303 e. The molecule has 0 heterocycles. The first-order valence-electron chi connectivity index (χ1n) is 3.94. The summed E-state index contributed by atoms with van der Waals surface area (Å²) in [5.41, 5.74) is 0.806. The molecule has 0 aliphatic rings. The summed E-state index contributed by atoms with van der Waals surface area (Å²) >= 11 is 4.97. The maximum absolute atomic E-state index is 9.96. The Bertz CT molecular complexity index is 175. The largest absolute Gasteiger partial charge is 0.481 e. The second-order valence-electron chi connectivity index (χ2n) is 2.63. The lowest BCUT2D eigenvalue weighted by atomic mass is 10.3. The number of carbonyl (C=O) groups is 2. The highest BCUT2D eigenvalue weighted by Gasteiger charge is 1.92. The number of hydrogen-bond acceptors (Lipinski definition) is 2. The lowest BCUT2D eigenvalue weighted by molar-refractivity contribution is -0.137. The second-order valence-corrected chi connectivity index (χ2v) is 3.05. The third-order valence-electron chi connectivity index (χ3n) is 0.905. The lowest BCUT2D eigenvalue weighted by Crippen LogP contribution is -1.90. The van der Waals surface area contributed by atoms with E-state index in [1.165, 1.54) is 0 Å². The number of allylic oxidation sites excluding steroid dienone is 1. The highest BCUT2D eigenvalue weighted by Crippen LogP contribution is 1.97. The van der Waals surface area contributed by atoms with Gasteiger partial charge in [-0.1, -0.05) is 19.1 Å². The van der Waals surface area contributed by atoms with Crippen LogP contribution in [-0.2, 0) is 9.59 Å². The van der Waals surface area contributed by atoms with Gasteiger partial charge in [0.2, 0.25) is 5.24 Å². The van der Waals surface area contributed by atoms with Gasteiger partial charge in [-0.3, -0.25) is 9.59 Å². The van der Waals surface area contributed by atoms with E-state index in [1.807, 2.05) is 6.92 Å². The molecule has 76 valence electrons. The number of carbonyl (C=O) groups excluding carboxylic acids is 1. The van der Waals surface area contributed by atoms with Crippen LogP contribution in [0.3, 0.4) is 0 Å². The average molecular weight is 207 g/mol. The molecule has 4 heteroatoms. The van der Waals surface area contributed by atoms with Gasteiger partial charge in [-0.2, -0.15) is 0 Å². The summed E-state index contributed by atoms with van der Waals surface area (Å²) in [5.74, 6) is -0.711. The third-order valence-corrected chi connectivity index (χ3v) is 1.04. The predicted molar refractivity (Wildman–Crippen MR) is 52.8 cm³/mol. The molecule has 0 rings (SSSR count). The van der Waals surface area contributed by atoms with Gasteiger partial charge in [0, 0.05) is 12.8 Å². The van der Waals surface area contributed by atoms with E-state index < -0.39 is 5.97 Å². The van der Waals surface area contributed by atoms with Gasteiger partial charge >= 0.3 is 5.97 Å². The van der Waals surface area contributed by atoms with Gasteiger partial charge in [-0.05, 0) is 24.9 Å². The van der Waals surface area contributed by atoms with Gasteiger partial charge < -0.3 is 5.11 Å². The van der Waals surface area contributed by atoms with Crippen molar-refractivity contribution in [2.45, 2.75) is 33.1 Å². The predicted octanol–water partition coefficient (Wildman–Crippen LogP) is 2.59. The molecule has 3 nitrogen and oxygen atoms in total. The molecule has 0 aromatic heterocycles. The van der Waals surface area contributed by atoms with E-state index in [4.69, 9.17) is 16.7 Å². The van der Waals surface area contributed by atoms with E-state index in [0.717, 1.165) is 12.0 Å². The van der Waals surface area contributed by atoms with Crippen LogP contribution in [0.4, 0.5) is 0 Å². The highest BCUT2D eigenvalue weighted by atomic mass is 35.5. The van der Waals surface area contributed by atoms with Crippen molar-refractivity contribution in [3.63, 3.8) is 0 Å². The van der Waals surface area contributed by atoms with Gasteiger partial charge in [0.1, 0.15) is 0 Å². The summed E-state index contributed by atoms with van der Waals surface area (Å²) < 4.78 is 0. The molecule has 0 unspecified atom stereocenters. The number of hydrogen-bond donors (Lipinski definition) is 1. The molecule has 1 N–H and O–H groups in total. The first-order chi connectivity index (χ1) is 5.90. The number of halogens is 1. The van der Waals surface area contributed by atoms with Gasteiger partial charge in [-0.15, -0.1) is 0 Å². The molecule has 0 fully saturated rings. The Hall–Kier alpha value is -0.830. The molecular formula is C9H15ClO3. The Morgan fingerprint density at radius 2 is 1.92 bits per heavy atom. The fraction of sp³-hybridized carbons (Fsp3) is 0.556. The molecule has 0 spiro atoms. The van der Waals surface area contributed by atoms with Crippen LogP contribution in [0.2, 0.25) is 0 Å². The molecule has 0 atom stereocenters. The first kappa shape index (κ1) is 14.7. The summed E-state index contributed by atoms with van der Waals surface area (Å²) in [7, 11) is 0. The van der Waals surface area contributed by atoms with Crippen molar-refractivity contribution < 1.29 is 14.7 Å². The van der Waals surface area contributed by atoms with Gasteiger partial charge in [0.15, 0.2) is 0 Å². The van der Waals surface area contributed by atoms with Crippen LogP contribution < -0.4 is 0 Å². The minimum Gasteiger partial charge on any atom is -0.481 e. The van der Waals surface area contributed by atoms with E-state index in [-0.39, 0.29) is 5.24 Å². The number of rotatable bonds is 4. The minimum absolute atomic E-state index is 0.292. The van der Waals surface area contributed by atoms with E-state index >= 15 is 0 Å². The lowest BCUT2D eigenvalue weighted by Gasteiger charge is -1.85. The van der Waals surface area contributed by atoms with Crippen LogP contribution in [0, 0.1) is 0 Å². The Kier molecular flexibility index (Phi) is 10.5. The highest BCUT2D eigenvalue weighted by molar-refractivity contribution is 6.63. The van der Waals surface area contributed by atoms with E-state index in [0.29, 0.717) is 12.8 Å². The van der Waals surface area contributed by atoms with Crippen LogP contribution in [-0.4, -0.2) is 16.3 Å². The van der Waals surface area contributed by atoms with Crippen molar-refractivity contribution in [3.8, 4) is 0 Å². The topological polar surface area (TPSA) is 54.4 Å². The molecule has 0 radical (unpaired) electrons. The van der Waals surface area contributed by atoms with Gasteiger partial charge in [-0.25, -0.2) is 0 Å². The Labute approximate surface area is 83.4 Å². The summed E-state index contributed by atoms with van der Waals surface area (Å²) in [5, 5.41) is 7.57. The minimum atomic E-state index is -0.711. The van der Waals surface area contributed by atoms with Crippen molar-refractivity contribution >= 4 is 22.8 Å². The van der Waals surface area contributed by atoms with Crippen LogP contribution in [0.15, 0.2) is 12.2 Å². The normalized spacial score (nSPS) is 8.23. The van der Waals surface area contributed by atoms with E-state index in [1.54, 1.807) is 6.92 Å². The van der Waals surface area contributed by atoms with Crippen molar-refractivity contribution in [2.24, 2.45) is 0 Å². The molecule has 0 aliphatic carbocycles. The second kappa shape index (κ2) is 9.26. The van der Waals surface area contributed by atoms with Gasteiger partial charge in [0.05, 0.1) is 0 Å². The van der Waals surface area contributed by atoms with Crippen LogP contribution in [0.25, 0.3) is 0 Å². The monoisotopic (exact) mass is 206 g/mol. The fourth-order valence-corrected chi connectivity index (χ4v) is 0.679. The molecule has 0 amide bonds. The summed E-state index contributed by atoms with van der Waals surface area (Å²) in [6, 6.07) is 0. The quantitative estimate of drug-likeness (QED) is 0.568. The maximum Gasteiger partial charge on any atom is 0.303 e. The number of carboxylic acid groups (broad SMARTS) is 1. The van der Waals surface area contributed by atoms with Crippen LogP contribution in [0.5, 0.6) is 0 Å². The van der Waals surface area contributed by atoms with Crippen molar-refractivity contribution in [1.29, 1.82) is 0 Å². The zero-order chi connectivity index (χ0) is 10.9. The van der Waals surface area contributed by atoms with Crippen molar-refractivity contribution in [3.05, 3.63) is 12.2 Å². The molecule has 13 heavy (non-hydrogen) atoms. The van der Waals surface area contributed by atoms with Crippen LogP contribution in [0.1, 0.15) is 33.1 Å². The third kappa shape index (κ3) is 24.7. The molecular weight excluding hydrogens is 192 g/mol. The van der Waals surface area contributed by atoms with Crippen molar-refractivity contribution in [2.75, 3.05) is 0 Å². The SMILES string of the molecule is C=C(C)CC(=O)Cl.CCCC(=O)O. The summed E-state index contributed by atoms with van der Waals surface area (Å²) in [4.78, 5) is 19.6. The summed E-state index contributed by atoms with van der Waals surface area (Å²) in [6.07, 6.45) is 1.32. The van der Waals surface area contributed by atoms with Gasteiger partial charge in [0.25, 0.3) is 0 Å². The Morgan fingerprint density at radius 3 is 1.92 bits per heavy atom. The molecule has 0 aliphatic heterocycles. The van der Waals surface area contributed by atoms with E-state index in [2.05, 4.69) is 6.58 Å². The fourth-order valence-electron chi connectivity index (χ4n) is 0.451. The number of aliphatic carboxylic acids is 1. The van der Waals surface area contributed by atoms with E-state index in [9.17, 15) is 9.59 Å².